The maximum absolute atomic E-state index is 13.5. The highest BCUT2D eigenvalue weighted by atomic mass is 19.1. The fourth-order valence-corrected chi connectivity index (χ4v) is 1.78. The monoisotopic (exact) mass is 305 g/mol. The van der Waals surface area contributed by atoms with E-state index in [1.807, 2.05) is 0 Å². The summed E-state index contributed by atoms with van der Waals surface area (Å²) >= 11 is 0. The lowest BCUT2D eigenvalue weighted by molar-refractivity contribution is -0.384. The molecule has 0 N–H and O–H groups in total. The van der Waals surface area contributed by atoms with Crippen LogP contribution >= 0.6 is 0 Å². The molecule has 0 aromatic heterocycles. The van der Waals surface area contributed by atoms with E-state index in [0.29, 0.717) is 5.56 Å². The minimum Gasteiger partial charge on any atom is -0.494 e. The molecule has 0 fully saturated rings. The van der Waals surface area contributed by atoms with Crippen LogP contribution in [-0.2, 0) is 11.3 Å². The number of nitro groups is 1. The number of non-ortho nitro benzene ring substituents is 1. The van der Waals surface area contributed by atoms with Crippen LogP contribution in [0.5, 0.6) is 5.75 Å². The van der Waals surface area contributed by atoms with E-state index in [-0.39, 0.29) is 23.6 Å². The predicted octanol–water partition coefficient (Wildman–Crippen LogP) is 3.10. The summed E-state index contributed by atoms with van der Waals surface area (Å²) in [6.07, 6.45) is 0. The molecule has 0 unspecified atom stereocenters. The molecule has 6 nitrogen and oxygen atoms in total. The van der Waals surface area contributed by atoms with Crippen LogP contribution < -0.4 is 4.74 Å². The van der Waals surface area contributed by atoms with Gasteiger partial charge < -0.3 is 9.47 Å². The summed E-state index contributed by atoms with van der Waals surface area (Å²) in [6.45, 7) is -0.150. The molecule has 0 atom stereocenters. The Morgan fingerprint density at radius 2 is 2.05 bits per heavy atom. The predicted molar refractivity (Wildman–Crippen MR) is 75.2 cm³/mol. The quantitative estimate of drug-likeness (QED) is 0.482. The lowest BCUT2D eigenvalue weighted by atomic mass is 10.2. The normalized spacial score (nSPS) is 10.1. The molecule has 2 aromatic rings. The second-order valence-electron chi connectivity index (χ2n) is 4.35. The number of hydrogen-bond acceptors (Lipinski definition) is 5. The van der Waals surface area contributed by atoms with Crippen molar-refractivity contribution < 1.29 is 23.6 Å². The second-order valence-corrected chi connectivity index (χ2v) is 4.35. The molecule has 0 spiro atoms. The standard InChI is InChI=1S/C15H12FNO5/c1-21-14-6-5-10(7-13(14)16)9-22-15(18)11-3-2-4-12(8-11)17(19)20/h2-8H,9H2,1H3. The van der Waals surface area contributed by atoms with Gasteiger partial charge in [-0.1, -0.05) is 12.1 Å². The number of nitrogens with zero attached hydrogens (tertiary/aromatic N) is 1. The summed E-state index contributed by atoms with van der Waals surface area (Å²) in [5, 5.41) is 10.7. The lowest BCUT2D eigenvalue weighted by Gasteiger charge is -2.07. The van der Waals surface area contributed by atoms with Crippen LogP contribution in [-0.4, -0.2) is 18.0 Å². The van der Waals surface area contributed by atoms with Gasteiger partial charge in [0.2, 0.25) is 0 Å². The molecule has 114 valence electrons. The van der Waals surface area contributed by atoms with E-state index in [2.05, 4.69) is 0 Å². The van der Waals surface area contributed by atoms with E-state index in [0.717, 1.165) is 6.07 Å². The molecule has 0 bridgehead atoms. The Kier molecular flexibility index (Phi) is 4.67. The Bertz CT molecular complexity index is 717. The Balaban J connectivity index is 2.05. The van der Waals surface area contributed by atoms with Gasteiger partial charge in [-0.2, -0.15) is 0 Å². The van der Waals surface area contributed by atoms with E-state index >= 15 is 0 Å². The van der Waals surface area contributed by atoms with Crippen LogP contribution in [0.3, 0.4) is 0 Å². The fraction of sp³-hybridized carbons (Fsp3) is 0.133. The molecule has 0 aliphatic rings. The van der Waals surface area contributed by atoms with Gasteiger partial charge in [-0.15, -0.1) is 0 Å². The molecular formula is C15H12FNO5. The third-order valence-corrected chi connectivity index (χ3v) is 2.88. The van der Waals surface area contributed by atoms with Gasteiger partial charge in [0.05, 0.1) is 17.6 Å². The molecule has 0 amide bonds. The van der Waals surface area contributed by atoms with Crippen LogP contribution in [0, 0.1) is 15.9 Å². The molecule has 0 saturated carbocycles. The first kappa shape index (κ1) is 15.4. The van der Waals surface area contributed by atoms with Gasteiger partial charge in [-0.05, 0) is 23.8 Å². The maximum atomic E-state index is 13.5. The Labute approximate surface area is 125 Å². The van der Waals surface area contributed by atoms with Crippen LogP contribution in [0.1, 0.15) is 15.9 Å². The summed E-state index contributed by atoms with van der Waals surface area (Å²) in [7, 11) is 1.35. The minimum atomic E-state index is -0.722. The molecular weight excluding hydrogens is 293 g/mol. The SMILES string of the molecule is COc1ccc(COC(=O)c2cccc([N+](=O)[O-])c2)cc1F. The highest BCUT2D eigenvalue weighted by molar-refractivity contribution is 5.90. The van der Waals surface area contributed by atoms with Crippen LogP contribution in [0.15, 0.2) is 42.5 Å². The van der Waals surface area contributed by atoms with Gasteiger partial charge >= 0.3 is 5.97 Å². The number of ether oxygens (including phenoxy) is 2. The zero-order chi connectivity index (χ0) is 16.1. The number of hydrogen-bond donors (Lipinski definition) is 0. The van der Waals surface area contributed by atoms with Crippen molar-refractivity contribution in [1.82, 2.24) is 0 Å². The van der Waals surface area contributed by atoms with Crippen molar-refractivity contribution in [3.63, 3.8) is 0 Å². The van der Waals surface area contributed by atoms with E-state index in [1.54, 1.807) is 6.07 Å². The average Bonchev–Trinajstić information content (AvgIpc) is 2.52. The first-order valence-corrected chi connectivity index (χ1v) is 6.25. The summed E-state index contributed by atoms with van der Waals surface area (Å²) in [5.74, 6) is -1.19. The van der Waals surface area contributed by atoms with Crippen molar-refractivity contribution in [2.45, 2.75) is 6.61 Å². The zero-order valence-corrected chi connectivity index (χ0v) is 11.6. The topological polar surface area (TPSA) is 78.7 Å². The highest BCUT2D eigenvalue weighted by Crippen LogP contribution is 2.19. The third-order valence-electron chi connectivity index (χ3n) is 2.88. The van der Waals surface area contributed by atoms with Gasteiger partial charge in [0, 0.05) is 12.1 Å². The van der Waals surface area contributed by atoms with E-state index in [9.17, 15) is 19.3 Å². The molecule has 2 aromatic carbocycles. The molecule has 0 aliphatic carbocycles. The highest BCUT2D eigenvalue weighted by Gasteiger charge is 2.13. The van der Waals surface area contributed by atoms with Crippen molar-refractivity contribution >= 4 is 11.7 Å². The smallest absolute Gasteiger partial charge is 0.338 e. The molecule has 2 rings (SSSR count). The lowest BCUT2D eigenvalue weighted by Crippen LogP contribution is -2.06. The van der Waals surface area contributed by atoms with Gasteiger partial charge in [-0.3, -0.25) is 10.1 Å². The van der Waals surface area contributed by atoms with Crippen LogP contribution in [0.4, 0.5) is 10.1 Å². The summed E-state index contributed by atoms with van der Waals surface area (Å²) < 4.78 is 23.3. The maximum Gasteiger partial charge on any atom is 0.338 e. The molecule has 0 saturated heterocycles. The van der Waals surface area contributed by atoms with Gasteiger partial charge in [-0.25, -0.2) is 9.18 Å². The molecule has 0 heterocycles. The van der Waals surface area contributed by atoms with Crippen LogP contribution in [0.25, 0.3) is 0 Å². The largest absolute Gasteiger partial charge is 0.494 e. The minimum absolute atomic E-state index is 0.0585. The number of halogens is 1. The number of methoxy groups -OCH3 is 1. The van der Waals surface area contributed by atoms with Gasteiger partial charge in [0.15, 0.2) is 11.6 Å². The van der Waals surface area contributed by atoms with Crippen molar-refractivity contribution in [1.29, 1.82) is 0 Å². The average molecular weight is 305 g/mol. The summed E-state index contributed by atoms with van der Waals surface area (Å²) in [4.78, 5) is 21.9. The number of nitro benzene ring substituents is 1. The second kappa shape index (κ2) is 6.66. The zero-order valence-electron chi connectivity index (χ0n) is 11.6. The first-order valence-electron chi connectivity index (χ1n) is 6.25. The Hall–Kier alpha value is -2.96. The van der Waals surface area contributed by atoms with Crippen molar-refractivity contribution in [3.8, 4) is 5.75 Å². The van der Waals surface area contributed by atoms with E-state index in [4.69, 9.17) is 9.47 Å². The molecule has 22 heavy (non-hydrogen) atoms. The number of rotatable bonds is 5. The summed E-state index contributed by atoms with van der Waals surface area (Å²) in [5.41, 5.74) is 0.296. The molecule has 0 radical (unpaired) electrons. The third kappa shape index (κ3) is 3.57. The number of carbonyl (C=O) groups is 1. The van der Waals surface area contributed by atoms with Crippen LogP contribution in [0.2, 0.25) is 0 Å². The molecule has 0 aliphatic heterocycles. The number of esters is 1. The number of benzene rings is 2. The number of carbonyl (C=O) groups excluding carboxylic acids is 1. The Morgan fingerprint density at radius 3 is 2.68 bits per heavy atom. The Morgan fingerprint density at radius 1 is 1.27 bits per heavy atom. The van der Waals surface area contributed by atoms with Crippen molar-refractivity contribution in [2.75, 3.05) is 7.11 Å². The summed E-state index contributed by atoms with van der Waals surface area (Å²) in [6, 6.07) is 9.37. The van der Waals surface area contributed by atoms with E-state index in [1.165, 1.54) is 37.4 Å². The first-order chi connectivity index (χ1) is 10.5. The van der Waals surface area contributed by atoms with Gasteiger partial charge in [0.25, 0.3) is 5.69 Å². The van der Waals surface area contributed by atoms with E-state index < -0.39 is 16.7 Å². The van der Waals surface area contributed by atoms with Gasteiger partial charge in [0.1, 0.15) is 6.61 Å². The van der Waals surface area contributed by atoms with Crippen molar-refractivity contribution in [3.05, 3.63) is 69.5 Å². The molecule has 7 heteroatoms. The van der Waals surface area contributed by atoms with Crippen molar-refractivity contribution in [2.24, 2.45) is 0 Å². The fourth-order valence-electron chi connectivity index (χ4n) is 1.78.